The number of ether oxygens (including phenoxy) is 1. The van der Waals surface area contributed by atoms with Crippen molar-refractivity contribution in [2.24, 2.45) is 0 Å². The Morgan fingerprint density at radius 2 is 2.18 bits per heavy atom. The molecule has 7 nitrogen and oxygen atoms in total. The van der Waals surface area contributed by atoms with Gasteiger partial charge in [-0.3, -0.25) is 0 Å². The number of halogens is 1. The first-order valence-electron chi connectivity index (χ1n) is 7.16. The molecule has 1 aromatic heterocycles. The van der Waals surface area contributed by atoms with Gasteiger partial charge in [0.15, 0.2) is 0 Å². The van der Waals surface area contributed by atoms with Crippen molar-refractivity contribution in [1.29, 1.82) is 0 Å². The lowest BCUT2D eigenvalue weighted by Crippen LogP contribution is -2.44. The average Bonchev–Trinajstić information content (AvgIpc) is 2.84. The molecule has 1 saturated heterocycles. The lowest BCUT2D eigenvalue weighted by Gasteiger charge is -2.32. The molecular weight excluding hydrogens is 306 g/mol. The minimum Gasteiger partial charge on any atom is -0.444 e. The Kier molecular flexibility index (Phi) is 4.65. The van der Waals surface area contributed by atoms with Gasteiger partial charge in [0, 0.05) is 31.6 Å². The molecule has 1 amide bonds. The van der Waals surface area contributed by atoms with E-state index in [0.29, 0.717) is 17.5 Å². The smallest absolute Gasteiger partial charge is 0.410 e. The van der Waals surface area contributed by atoms with Crippen molar-refractivity contribution < 1.29 is 9.53 Å². The summed E-state index contributed by atoms with van der Waals surface area (Å²) < 4.78 is 5.55. The fourth-order valence-electron chi connectivity index (χ4n) is 2.11. The molecule has 2 rings (SSSR count). The highest BCUT2D eigenvalue weighted by atomic mass is 35.5. The maximum absolute atomic E-state index is 12.1. The van der Waals surface area contributed by atoms with Gasteiger partial charge in [-0.05, 0) is 20.8 Å². The topological polar surface area (TPSA) is 84.6 Å². The maximum atomic E-state index is 12.1. The predicted octanol–water partition coefficient (Wildman–Crippen LogP) is 2.16. The summed E-state index contributed by atoms with van der Waals surface area (Å²) in [6, 6.07) is 1.66. The molecule has 122 valence electrons. The van der Waals surface area contributed by atoms with Gasteiger partial charge in [0.1, 0.15) is 17.1 Å². The highest BCUT2D eigenvalue weighted by Gasteiger charge is 2.30. The highest BCUT2D eigenvalue weighted by Crippen LogP contribution is 2.23. The number of amides is 1. The van der Waals surface area contributed by atoms with Gasteiger partial charge in [-0.25, -0.2) is 9.78 Å². The number of anilines is 2. The Balaban J connectivity index is 1.97. The van der Waals surface area contributed by atoms with E-state index in [1.54, 1.807) is 18.0 Å². The van der Waals surface area contributed by atoms with E-state index in [1.165, 1.54) is 0 Å². The third kappa shape index (κ3) is 3.91. The van der Waals surface area contributed by atoms with Gasteiger partial charge >= 0.3 is 6.09 Å². The molecule has 1 aromatic rings. The first-order chi connectivity index (χ1) is 10.2. The van der Waals surface area contributed by atoms with Crippen molar-refractivity contribution >= 4 is 29.5 Å². The molecule has 0 saturated carbocycles. The number of nitrogen functional groups attached to an aromatic ring is 1. The summed E-state index contributed by atoms with van der Waals surface area (Å²) in [5.41, 5.74) is 5.33. The summed E-state index contributed by atoms with van der Waals surface area (Å²) >= 11 is 5.89. The van der Waals surface area contributed by atoms with Gasteiger partial charge in [-0.15, -0.1) is 0 Å². The molecule has 0 bridgehead atoms. The van der Waals surface area contributed by atoms with Crippen molar-refractivity contribution in [2.75, 3.05) is 30.8 Å². The van der Waals surface area contributed by atoms with Gasteiger partial charge < -0.3 is 20.3 Å². The predicted molar refractivity (Wildman–Crippen MR) is 86.1 cm³/mol. The number of hydrogen-bond donors (Lipinski definition) is 1. The second kappa shape index (κ2) is 6.16. The molecule has 2 heterocycles. The van der Waals surface area contributed by atoms with Crippen LogP contribution in [0.3, 0.4) is 0 Å². The number of rotatable bonds is 2. The van der Waals surface area contributed by atoms with E-state index in [4.69, 9.17) is 22.1 Å². The van der Waals surface area contributed by atoms with Crippen LogP contribution in [0.4, 0.5) is 16.6 Å². The van der Waals surface area contributed by atoms with E-state index < -0.39 is 0 Å². The standard InChI is InChI=1S/C14H22ClN5O2/c1-14(2,3)19(4)13(21)22-9-5-6-20(8-9)11-7-10(15)17-12(16)18-11/h7,9H,5-6,8H2,1-4H3,(H2,16,17,18). The zero-order valence-corrected chi connectivity index (χ0v) is 14.1. The van der Waals surface area contributed by atoms with Crippen LogP contribution in [-0.2, 0) is 4.74 Å². The van der Waals surface area contributed by atoms with Crippen LogP contribution in [0.2, 0.25) is 5.15 Å². The van der Waals surface area contributed by atoms with Crippen molar-refractivity contribution in [2.45, 2.75) is 38.8 Å². The molecule has 1 fully saturated rings. The lowest BCUT2D eigenvalue weighted by molar-refractivity contribution is 0.0545. The monoisotopic (exact) mass is 327 g/mol. The van der Waals surface area contributed by atoms with E-state index in [-0.39, 0.29) is 23.7 Å². The Morgan fingerprint density at radius 3 is 2.77 bits per heavy atom. The first-order valence-corrected chi connectivity index (χ1v) is 7.54. The Morgan fingerprint density at radius 1 is 1.50 bits per heavy atom. The number of nitrogens with zero attached hydrogens (tertiary/aromatic N) is 4. The number of hydrogen-bond acceptors (Lipinski definition) is 6. The van der Waals surface area contributed by atoms with Crippen LogP contribution in [0, 0.1) is 0 Å². The molecule has 1 unspecified atom stereocenters. The van der Waals surface area contributed by atoms with Crippen LogP contribution >= 0.6 is 11.6 Å². The molecule has 2 N–H and O–H groups in total. The molecule has 0 aromatic carbocycles. The van der Waals surface area contributed by atoms with Crippen LogP contribution < -0.4 is 10.6 Å². The average molecular weight is 328 g/mol. The molecule has 8 heteroatoms. The van der Waals surface area contributed by atoms with Crippen LogP contribution in [0.15, 0.2) is 6.07 Å². The highest BCUT2D eigenvalue weighted by molar-refractivity contribution is 6.29. The second-order valence-electron chi connectivity index (χ2n) is 6.38. The first kappa shape index (κ1) is 16.6. The van der Waals surface area contributed by atoms with E-state index in [9.17, 15) is 4.79 Å². The summed E-state index contributed by atoms with van der Waals surface area (Å²) in [6.07, 6.45) is 0.248. The molecular formula is C14H22ClN5O2. The van der Waals surface area contributed by atoms with E-state index >= 15 is 0 Å². The molecule has 0 aliphatic carbocycles. The van der Waals surface area contributed by atoms with Crippen molar-refractivity contribution in [3.8, 4) is 0 Å². The van der Waals surface area contributed by atoms with Crippen molar-refractivity contribution in [3.05, 3.63) is 11.2 Å². The van der Waals surface area contributed by atoms with Crippen LogP contribution in [-0.4, -0.2) is 52.7 Å². The third-order valence-electron chi connectivity index (χ3n) is 3.72. The van der Waals surface area contributed by atoms with Gasteiger partial charge in [0.2, 0.25) is 5.95 Å². The fourth-order valence-corrected chi connectivity index (χ4v) is 2.30. The van der Waals surface area contributed by atoms with Crippen LogP contribution in [0.1, 0.15) is 27.2 Å². The normalized spacial score (nSPS) is 18.4. The largest absolute Gasteiger partial charge is 0.444 e. The van der Waals surface area contributed by atoms with E-state index in [1.807, 2.05) is 25.7 Å². The second-order valence-corrected chi connectivity index (χ2v) is 6.76. The molecule has 1 atom stereocenters. The van der Waals surface area contributed by atoms with Crippen molar-refractivity contribution in [1.82, 2.24) is 14.9 Å². The minimum absolute atomic E-state index is 0.135. The third-order valence-corrected chi connectivity index (χ3v) is 3.91. The summed E-state index contributed by atoms with van der Waals surface area (Å²) in [5.74, 6) is 0.788. The lowest BCUT2D eigenvalue weighted by atomic mass is 10.1. The van der Waals surface area contributed by atoms with Crippen LogP contribution in [0.25, 0.3) is 0 Å². The minimum atomic E-state index is -0.320. The van der Waals surface area contributed by atoms with E-state index in [2.05, 4.69) is 9.97 Å². The molecule has 0 radical (unpaired) electrons. The molecule has 22 heavy (non-hydrogen) atoms. The molecule has 1 aliphatic rings. The number of aromatic nitrogens is 2. The molecule has 0 spiro atoms. The number of nitrogens with two attached hydrogens (primary N) is 1. The number of carbonyl (C=O) groups is 1. The Hall–Kier alpha value is -1.76. The maximum Gasteiger partial charge on any atom is 0.410 e. The van der Waals surface area contributed by atoms with Gasteiger partial charge in [0.25, 0.3) is 0 Å². The zero-order chi connectivity index (χ0) is 16.5. The van der Waals surface area contributed by atoms with Gasteiger partial charge in [-0.1, -0.05) is 11.6 Å². The van der Waals surface area contributed by atoms with Gasteiger partial charge in [-0.2, -0.15) is 4.98 Å². The Labute approximate surface area is 135 Å². The summed E-state index contributed by atoms with van der Waals surface area (Å²) in [7, 11) is 1.74. The fraction of sp³-hybridized carbons (Fsp3) is 0.643. The quantitative estimate of drug-likeness (QED) is 0.838. The summed E-state index contributed by atoms with van der Waals surface area (Å²) in [4.78, 5) is 23.7. The van der Waals surface area contributed by atoms with Crippen LogP contribution in [0.5, 0.6) is 0 Å². The zero-order valence-electron chi connectivity index (χ0n) is 13.3. The van der Waals surface area contributed by atoms with Gasteiger partial charge in [0.05, 0.1) is 6.54 Å². The molecule has 1 aliphatic heterocycles. The summed E-state index contributed by atoms with van der Waals surface area (Å²) in [5, 5.41) is 0.301. The van der Waals surface area contributed by atoms with Crippen molar-refractivity contribution in [3.63, 3.8) is 0 Å². The Bertz CT molecular complexity index is 540. The van der Waals surface area contributed by atoms with E-state index in [0.717, 1.165) is 13.0 Å². The summed E-state index contributed by atoms with van der Waals surface area (Å²) in [6.45, 7) is 7.17. The SMILES string of the molecule is CN(C(=O)OC1CCN(c2cc(Cl)nc(N)n2)C1)C(C)(C)C. The number of carbonyl (C=O) groups excluding carboxylic acids is 1.